The molecule has 0 atom stereocenters. The van der Waals surface area contributed by atoms with Crippen LogP contribution in [0.5, 0.6) is 0 Å². The highest BCUT2D eigenvalue weighted by atomic mass is 32.1. The molecule has 0 fully saturated rings. The van der Waals surface area contributed by atoms with Gasteiger partial charge in [-0.15, -0.1) is 0 Å². The van der Waals surface area contributed by atoms with Gasteiger partial charge in [-0.3, -0.25) is 4.79 Å². The molecule has 4 N–H and O–H groups in total. The second-order valence-electron chi connectivity index (χ2n) is 3.80. The fraction of sp³-hybridized carbons (Fsp3) is 0.167. The van der Waals surface area contributed by atoms with Crippen molar-refractivity contribution >= 4 is 28.3 Å². The van der Waals surface area contributed by atoms with Crippen LogP contribution < -0.4 is 16.4 Å². The molecule has 7 heteroatoms. The van der Waals surface area contributed by atoms with Crippen LogP contribution in [0.2, 0.25) is 0 Å². The van der Waals surface area contributed by atoms with Crippen LogP contribution in [0.4, 0.5) is 15.2 Å². The standard InChI is InChI=1S/C12H13FN4OS/c1-15-11(18)9-10(14)17-19-12(9)16-6-7-4-2-3-5-8(7)13/h2-5,16H,6H2,1H3,(H2,14,17)(H,15,18). The molecule has 1 amide bonds. The Bertz CT molecular complexity index is 599. The summed E-state index contributed by atoms with van der Waals surface area (Å²) in [5.74, 6) is -0.448. The number of halogens is 1. The molecule has 0 aliphatic carbocycles. The summed E-state index contributed by atoms with van der Waals surface area (Å²) < 4.78 is 17.4. The highest BCUT2D eigenvalue weighted by molar-refractivity contribution is 7.11. The van der Waals surface area contributed by atoms with Gasteiger partial charge in [0.2, 0.25) is 0 Å². The maximum absolute atomic E-state index is 13.5. The SMILES string of the molecule is CNC(=O)c1c(N)nsc1NCc1ccccc1F. The fourth-order valence-corrected chi connectivity index (χ4v) is 2.29. The minimum Gasteiger partial charge on any atom is -0.382 e. The third-order valence-electron chi connectivity index (χ3n) is 2.57. The van der Waals surface area contributed by atoms with Gasteiger partial charge >= 0.3 is 0 Å². The molecule has 0 spiro atoms. The monoisotopic (exact) mass is 280 g/mol. The summed E-state index contributed by atoms with van der Waals surface area (Å²) in [6.07, 6.45) is 0. The quantitative estimate of drug-likeness (QED) is 0.798. The average molecular weight is 280 g/mol. The normalized spacial score (nSPS) is 10.2. The number of nitrogens with one attached hydrogen (secondary N) is 2. The van der Waals surface area contributed by atoms with Crippen molar-refractivity contribution in [1.29, 1.82) is 0 Å². The van der Waals surface area contributed by atoms with Gasteiger partial charge in [0.05, 0.1) is 0 Å². The van der Waals surface area contributed by atoms with Crippen LogP contribution in [0.3, 0.4) is 0 Å². The summed E-state index contributed by atoms with van der Waals surface area (Å²) in [4.78, 5) is 11.7. The van der Waals surface area contributed by atoms with Crippen LogP contribution in [0.15, 0.2) is 24.3 Å². The van der Waals surface area contributed by atoms with Gasteiger partial charge in [0.25, 0.3) is 5.91 Å². The zero-order valence-electron chi connectivity index (χ0n) is 10.2. The number of hydrogen-bond donors (Lipinski definition) is 3. The maximum Gasteiger partial charge on any atom is 0.257 e. The predicted molar refractivity (Wildman–Crippen MR) is 73.6 cm³/mol. The van der Waals surface area contributed by atoms with Crippen LogP contribution in [0.25, 0.3) is 0 Å². The van der Waals surface area contributed by atoms with Crippen molar-refractivity contribution in [3.8, 4) is 0 Å². The van der Waals surface area contributed by atoms with Gasteiger partial charge in [-0.1, -0.05) is 18.2 Å². The molecule has 0 saturated carbocycles. The Balaban J connectivity index is 2.17. The molecular formula is C12H13FN4OS. The molecule has 0 bridgehead atoms. The van der Waals surface area contributed by atoms with E-state index >= 15 is 0 Å². The molecule has 1 aromatic carbocycles. The van der Waals surface area contributed by atoms with E-state index in [0.717, 1.165) is 11.5 Å². The molecule has 2 rings (SSSR count). The Morgan fingerprint density at radius 2 is 2.21 bits per heavy atom. The number of nitrogens with two attached hydrogens (primary N) is 1. The first-order valence-corrected chi connectivity index (χ1v) is 6.35. The van der Waals surface area contributed by atoms with Crippen molar-refractivity contribution in [2.24, 2.45) is 0 Å². The summed E-state index contributed by atoms with van der Waals surface area (Å²) in [6, 6.07) is 6.43. The summed E-state index contributed by atoms with van der Waals surface area (Å²) in [5.41, 5.74) is 6.45. The fourth-order valence-electron chi connectivity index (χ4n) is 1.58. The summed E-state index contributed by atoms with van der Waals surface area (Å²) in [7, 11) is 1.51. The summed E-state index contributed by atoms with van der Waals surface area (Å²) in [6.45, 7) is 0.262. The largest absolute Gasteiger partial charge is 0.382 e. The van der Waals surface area contributed by atoms with Crippen molar-refractivity contribution in [3.05, 3.63) is 41.2 Å². The van der Waals surface area contributed by atoms with E-state index in [0.29, 0.717) is 16.1 Å². The second kappa shape index (κ2) is 5.66. The van der Waals surface area contributed by atoms with Gasteiger partial charge < -0.3 is 16.4 Å². The van der Waals surface area contributed by atoms with Crippen LogP contribution in [-0.2, 0) is 6.54 Å². The highest BCUT2D eigenvalue weighted by Gasteiger charge is 2.18. The van der Waals surface area contributed by atoms with Gasteiger partial charge in [0.1, 0.15) is 16.4 Å². The third-order valence-corrected chi connectivity index (χ3v) is 3.39. The van der Waals surface area contributed by atoms with Crippen LogP contribution in [-0.4, -0.2) is 17.3 Å². The molecule has 2 aromatic rings. The lowest BCUT2D eigenvalue weighted by molar-refractivity contribution is 0.0965. The number of amides is 1. The molecule has 0 saturated heterocycles. The van der Waals surface area contributed by atoms with Crippen LogP contribution in [0, 0.1) is 5.82 Å². The molecular weight excluding hydrogens is 267 g/mol. The second-order valence-corrected chi connectivity index (χ2v) is 4.57. The van der Waals surface area contributed by atoms with E-state index in [-0.39, 0.29) is 24.1 Å². The Kier molecular flexibility index (Phi) is 3.96. The van der Waals surface area contributed by atoms with Crippen molar-refractivity contribution in [1.82, 2.24) is 9.69 Å². The van der Waals surface area contributed by atoms with Crippen molar-refractivity contribution in [2.75, 3.05) is 18.1 Å². The van der Waals surface area contributed by atoms with E-state index in [9.17, 15) is 9.18 Å². The number of carbonyl (C=O) groups is 1. The summed E-state index contributed by atoms with van der Waals surface area (Å²) >= 11 is 1.08. The minimum atomic E-state index is -0.317. The van der Waals surface area contributed by atoms with E-state index in [1.165, 1.54) is 13.1 Å². The molecule has 0 radical (unpaired) electrons. The molecule has 100 valence electrons. The number of nitrogens with zero attached hydrogens (tertiary/aromatic N) is 1. The van der Waals surface area contributed by atoms with Gasteiger partial charge in [-0.2, -0.15) is 4.37 Å². The predicted octanol–water partition coefficient (Wildman–Crippen LogP) is 1.84. The van der Waals surface area contributed by atoms with Crippen LogP contribution in [0.1, 0.15) is 15.9 Å². The van der Waals surface area contributed by atoms with Gasteiger partial charge in [-0.05, 0) is 17.6 Å². The van der Waals surface area contributed by atoms with Gasteiger partial charge in [-0.25, -0.2) is 4.39 Å². The topological polar surface area (TPSA) is 80.0 Å². The first-order chi connectivity index (χ1) is 9.13. The number of rotatable bonds is 4. The Morgan fingerprint density at radius 3 is 2.89 bits per heavy atom. The molecule has 1 heterocycles. The molecule has 0 aliphatic heterocycles. The number of benzene rings is 1. The lowest BCUT2D eigenvalue weighted by Crippen LogP contribution is -2.20. The van der Waals surface area contributed by atoms with Crippen molar-refractivity contribution in [2.45, 2.75) is 6.54 Å². The van der Waals surface area contributed by atoms with E-state index in [2.05, 4.69) is 15.0 Å². The number of hydrogen-bond acceptors (Lipinski definition) is 5. The molecule has 1 aromatic heterocycles. The van der Waals surface area contributed by atoms with Gasteiger partial charge in [0.15, 0.2) is 5.82 Å². The number of anilines is 2. The minimum absolute atomic E-state index is 0.167. The van der Waals surface area contributed by atoms with E-state index in [4.69, 9.17) is 5.73 Å². The van der Waals surface area contributed by atoms with Crippen molar-refractivity contribution in [3.63, 3.8) is 0 Å². The van der Waals surface area contributed by atoms with Gasteiger partial charge in [0, 0.05) is 19.2 Å². The summed E-state index contributed by atoms with van der Waals surface area (Å²) in [5, 5.41) is 6.00. The number of nitrogen functional groups attached to an aromatic ring is 1. The zero-order chi connectivity index (χ0) is 13.8. The first-order valence-electron chi connectivity index (χ1n) is 5.58. The zero-order valence-corrected chi connectivity index (χ0v) is 11.1. The Morgan fingerprint density at radius 1 is 1.47 bits per heavy atom. The maximum atomic E-state index is 13.5. The Labute approximate surface area is 113 Å². The Hall–Kier alpha value is -2.15. The number of aromatic nitrogens is 1. The van der Waals surface area contributed by atoms with E-state index < -0.39 is 0 Å². The number of carbonyl (C=O) groups excluding carboxylic acids is 1. The first kappa shape index (κ1) is 13.3. The van der Waals surface area contributed by atoms with E-state index in [1.54, 1.807) is 18.2 Å². The average Bonchev–Trinajstić information content (AvgIpc) is 2.78. The highest BCUT2D eigenvalue weighted by Crippen LogP contribution is 2.27. The molecule has 0 unspecified atom stereocenters. The van der Waals surface area contributed by atoms with Crippen LogP contribution >= 0.6 is 11.5 Å². The molecule has 5 nitrogen and oxygen atoms in total. The lowest BCUT2D eigenvalue weighted by atomic mass is 10.2. The lowest BCUT2D eigenvalue weighted by Gasteiger charge is -2.07. The molecule has 19 heavy (non-hydrogen) atoms. The van der Waals surface area contributed by atoms with Crippen molar-refractivity contribution < 1.29 is 9.18 Å². The third kappa shape index (κ3) is 2.82. The smallest absolute Gasteiger partial charge is 0.257 e. The van der Waals surface area contributed by atoms with E-state index in [1.807, 2.05) is 0 Å². The molecule has 0 aliphatic rings.